The lowest BCUT2D eigenvalue weighted by Gasteiger charge is -2.18. The first-order chi connectivity index (χ1) is 14.3. The zero-order chi connectivity index (χ0) is 21.8. The summed E-state index contributed by atoms with van der Waals surface area (Å²) in [6, 6.07) is 10.2. The summed E-state index contributed by atoms with van der Waals surface area (Å²) in [5.41, 5.74) is 8.43. The topological polar surface area (TPSA) is 130 Å². The zero-order valence-electron chi connectivity index (χ0n) is 16.6. The Bertz CT molecular complexity index is 1110. The van der Waals surface area contributed by atoms with E-state index in [9.17, 15) is 14.7 Å². The Morgan fingerprint density at radius 2 is 1.93 bits per heavy atom. The molecule has 9 heteroatoms. The van der Waals surface area contributed by atoms with Gasteiger partial charge in [-0.2, -0.15) is 0 Å². The van der Waals surface area contributed by atoms with Crippen LogP contribution in [0.5, 0.6) is 0 Å². The number of aromatic carboxylic acids is 1. The Morgan fingerprint density at radius 1 is 1.23 bits per heavy atom. The van der Waals surface area contributed by atoms with Crippen molar-refractivity contribution in [2.45, 2.75) is 13.3 Å². The van der Waals surface area contributed by atoms with E-state index >= 15 is 0 Å². The summed E-state index contributed by atoms with van der Waals surface area (Å²) in [6.45, 7) is 3.07. The SMILES string of the molecule is CCN(CCC(=O)OC)c1nc2c(-c3ccc(C(=N)N)cc3)cc(C(=O)O)cc2s1. The Morgan fingerprint density at radius 3 is 2.50 bits per heavy atom. The number of carbonyl (C=O) groups excluding carboxylic acids is 1. The van der Waals surface area contributed by atoms with Crippen molar-refractivity contribution in [1.82, 2.24) is 4.98 Å². The second-order valence-corrected chi connectivity index (χ2v) is 7.58. The van der Waals surface area contributed by atoms with Crippen molar-refractivity contribution < 1.29 is 19.4 Å². The fourth-order valence-electron chi connectivity index (χ4n) is 3.04. The van der Waals surface area contributed by atoms with Crippen LogP contribution in [0, 0.1) is 5.41 Å². The number of fused-ring (bicyclic) bond motifs is 1. The van der Waals surface area contributed by atoms with E-state index in [4.69, 9.17) is 20.9 Å². The summed E-state index contributed by atoms with van der Waals surface area (Å²) >= 11 is 1.38. The molecule has 156 valence electrons. The first-order valence-electron chi connectivity index (χ1n) is 9.28. The lowest BCUT2D eigenvalue weighted by Crippen LogP contribution is -2.25. The van der Waals surface area contributed by atoms with E-state index in [0.717, 1.165) is 10.3 Å². The Kier molecular flexibility index (Phi) is 6.31. The molecule has 0 bridgehead atoms. The van der Waals surface area contributed by atoms with Gasteiger partial charge in [0.15, 0.2) is 5.13 Å². The van der Waals surface area contributed by atoms with Gasteiger partial charge >= 0.3 is 11.9 Å². The number of nitrogens with one attached hydrogen (secondary N) is 1. The number of hydrogen-bond donors (Lipinski definition) is 3. The van der Waals surface area contributed by atoms with Crippen LogP contribution in [-0.2, 0) is 9.53 Å². The van der Waals surface area contributed by atoms with Gasteiger partial charge in [0.05, 0.1) is 29.3 Å². The maximum absolute atomic E-state index is 11.7. The number of esters is 1. The van der Waals surface area contributed by atoms with Crippen LogP contribution < -0.4 is 10.6 Å². The first-order valence-corrected chi connectivity index (χ1v) is 10.1. The maximum atomic E-state index is 11.7. The van der Waals surface area contributed by atoms with Gasteiger partial charge in [-0.15, -0.1) is 0 Å². The highest BCUT2D eigenvalue weighted by Gasteiger charge is 2.18. The third kappa shape index (κ3) is 4.41. The van der Waals surface area contributed by atoms with E-state index in [1.807, 2.05) is 11.8 Å². The van der Waals surface area contributed by atoms with Crippen molar-refractivity contribution in [1.29, 1.82) is 5.41 Å². The molecule has 8 nitrogen and oxygen atoms in total. The number of carbonyl (C=O) groups is 2. The number of rotatable bonds is 8. The second kappa shape index (κ2) is 8.91. The molecule has 3 rings (SSSR count). The number of hydrogen-bond acceptors (Lipinski definition) is 7. The molecule has 0 unspecified atom stereocenters. The van der Waals surface area contributed by atoms with Gasteiger partial charge in [0.1, 0.15) is 5.84 Å². The predicted octanol–water partition coefficient (Wildman–Crippen LogP) is 3.33. The smallest absolute Gasteiger partial charge is 0.335 e. The molecule has 0 radical (unpaired) electrons. The molecule has 0 aliphatic rings. The fraction of sp³-hybridized carbons (Fsp3) is 0.238. The highest BCUT2D eigenvalue weighted by atomic mass is 32.1. The van der Waals surface area contributed by atoms with Crippen molar-refractivity contribution in [3.8, 4) is 11.1 Å². The number of carboxylic acids is 1. The Balaban J connectivity index is 2.08. The third-order valence-electron chi connectivity index (χ3n) is 4.70. The number of ether oxygens (including phenoxy) is 1. The summed E-state index contributed by atoms with van der Waals surface area (Å²) in [7, 11) is 1.35. The van der Waals surface area contributed by atoms with Crippen LogP contribution in [0.1, 0.15) is 29.3 Å². The summed E-state index contributed by atoms with van der Waals surface area (Å²) in [4.78, 5) is 29.9. The van der Waals surface area contributed by atoms with E-state index in [1.165, 1.54) is 18.4 Å². The first kappa shape index (κ1) is 21.3. The predicted molar refractivity (Wildman–Crippen MR) is 118 cm³/mol. The van der Waals surface area contributed by atoms with Crippen molar-refractivity contribution in [2.75, 3.05) is 25.1 Å². The second-order valence-electron chi connectivity index (χ2n) is 6.57. The lowest BCUT2D eigenvalue weighted by atomic mass is 10.0. The highest BCUT2D eigenvalue weighted by molar-refractivity contribution is 7.22. The highest BCUT2D eigenvalue weighted by Crippen LogP contribution is 2.36. The van der Waals surface area contributed by atoms with Gasteiger partial charge in [-0.25, -0.2) is 9.78 Å². The molecule has 0 aliphatic carbocycles. The number of nitrogens with zero attached hydrogens (tertiary/aromatic N) is 2. The van der Waals surface area contributed by atoms with Crippen molar-refractivity contribution in [2.24, 2.45) is 5.73 Å². The van der Waals surface area contributed by atoms with Gasteiger partial charge in [0, 0.05) is 24.2 Å². The van der Waals surface area contributed by atoms with Crippen LogP contribution in [0.4, 0.5) is 5.13 Å². The molecule has 0 amide bonds. The minimum atomic E-state index is -1.02. The molecular weight excluding hydrogens is 404 g/mol. The normalized spacial score (nSPS) is 10.7. The third-order valence-corrected chi connectivity index (χ3v) is 5.77. The zero-order valence-corrected chi connectivity index (χ0v) is 17.5. The minimum Gasteiger partial charge on any atom is -0.478 e. The molecule has 0 saturated heterocycles. The van der Waals surface area contributed by atoms with Gasteiger partial charge in [-0.1, -0.05) is 35.6 Å². The monoisotopic (exact) mass is 426 g/mol. The van der Waals surface area contributed by atoms with Crippen LogP contribution in [0.3, 0.4) is 0 Å². The average molecular weight is 426 g/mol. The number of carboxylic acid groups (broad SMARTS) is 1. The Hall–Kier alpha value is -3.46. The Labute approximate surface area is 177 Å². The fourth-order valence-corrected chi connectivity index (χ4v) is 4.16. The molecule has 30 heavy (non-hydrogen) atoms. The lowest BCUT2D eigenvalue weighted by molar-refractivity contribution is -0.140. The summed E-state index contributed by atoms with van der Waals surface area (Å²) < 4.78 is 5.46. The summed E-state index contributed by atoms with van der Waals surface area (Å²) in [5.74, 6) is -1.36. The van der Waals surface area contributed by atoms with Gasteiger partial charge in [0.2, 0.25) is 0 Å². The minimum absolute atomic E-state index is 0.0360. The number of aromatic nitrogens is 1. The number of nitrogen functional groups attached to an aromatic ring is 1. The number of nitrogens with two attached hydrogens (primary N) is 1. The molecule has 2 aromatic carbocycles. The van der Waals surface area contributed by atoms with E-state index in [2.05, 4.69) is 0 Å². The van der Waals surface area contributed by atoms with Crippen LogP contribution >= 0.6 is 11.3 Å². The molecular formula is C21H22N4O4S. The van der Waals surface area contributed by atoms with E-state index < -0.39 is 5.97 Å². The van der Waals surface area contributed by atoms with Gasteiger partial charge in [-0.05, 0) is 24.6 Å². The molecule has 0 spiro atoms. The maximum Gasteiger partial charge on any atom is 0.335 e. The summed E-state index contributed by atoms with van der Waals surface area (Å²) in [5, 5.41) is 17.8. The molecule has 0 atom stereocenters. The average Bonchev–Trinajstić information content (AvgIpc) is 3.17. The number of anilines is 1. The standard InChI is InChI=1S/C21H22N4O4S/c1-3-25(9-8-17(26)29-2)21-24-18-15(10-14(20(27)28)11-16(18)30-21)12-4-6-13(7-5-12)19(22)23/h4-7,10-11H,3,8-9H2,1-2H3,(H3,22,23)(H,27,28). The molecule has 0 fully saturated rings. The number of amidine groups is 1. The number of methoxy groups -OCH3 is 1. The number of thiazole rings is 1. The quantitative estimate of drug-likeness (QED) is 0.286. The van der Waals surface area contributed by atoms with Crippen molar-refractivity contribution in [3.63, 3.8) is 0 Å². The van der Waals surface area contributed by atoms with Gasteiger partial charge in [0.25, 0.3) is 0 Å². The largest absolute Gasteiger partial charge is 0.478 e. The van der Waals surface area contributed by atoms with Crippen LogP contribution in [0.25, 0.3) is 21.3 Å². The van der Waals surface area contributed by atoms with Crippen molar-refractivity contribution >= 4 is 44.5 Å². The van der Waals surface area contributed by atoms with E-state index in [-0.39, 0.29) is 23.8 Å². The van der Waals surface area contributed by atoms with Crippen LogP contribution in [0.2, 0.25) is 0 Å². The molecule has 1 aromatic heterocycles. The number of benzene rings is 2. The van der Waals surface area contributed by atoms with Crippen LogP contribution in [-0.4, -0.2) is 48.1 Å². The van der Waals surface area contributed by atoms with E-state index in [0.29, 0.717) is 34.9 Å². The van der Waals surface area contributed by atoms with E-state index in [1.54, 1.807) is 36.4 Å². The molecule has 4 N–H and O–H groups in total. The van der Waals surface area contributed by atoms with Crippen LogP contribution in [0.15, 0.2) is 36.4 Å². The molecule has 3 aromatic rings. The molecule has 1 heterocycles. The van der Waals surface area contributed by atoms with Crippen molar-refractivity contribution in [3.05, 3.63) is 47.5 Å². The summed E-state index contributed by atoms with van der Waals surface area (Å²) in [6.07, 6.45) is 0.236. The molecule has 0 aliphatic heterocycles. The van der Waals surface area contributed by atoms with Gasteiger partial charge < -0.3 is 20.5 Å². The molecule has 0 saturated carbocycles. The van der Waals surface area contributed by atoms with Gasteiger partial charge in [-0.3, -0.25) is 10.2 Å².